The van der Waals surface area contributed by atoms with Gasteiger partial charge in [0, 0.05) is 16.6 Å². The van der Waals surface area contributed by atoms with E-state index in [1.807, 2.05) is 13.0 Å². The van der Waals surface area contributed by atoms with E-state index in [-0.39, 0.29) is 12.5 Å². The van der Waals surface area contributed by atoms with E-state index in [1.54, 1.807) is 12.1 Å². The number of halogens is 1. The molecule has 2 rings (SSSR count). The first-order chi connectivity index (χ1) is 9.33. The molecule has 1 heterocycles. The highest BCUT2D eigenvalue weighted by molar-refractivity contribution is 9.10. The monoisotopic (exact) mass is 340 g/mol. The molecule has 1 aromatic carbocycles. The SMILES string of the molecule is Cc1cc(C(=O)N2CCC[C@@](O)(C(N)=O)C2)ccc1Br. The van der Waals surface area contributed by atoms with Crippen LogP contribution in [0.5, 0.6) is 0 Å². The lowest BCUT2D eigenvalue weighted by molar-refractivity contribution is -0.140. The van der Waals surface area contributed by atoms with E-state index in [2.05, 4.69) is 15.9 Å². The molecule has 1 aliphatic rings. The summed E-state index contributed by atoms with van der Waals surface area (Å²) in [5.41, 5.74) is 5.10. The number of hydrogen-bond acceptors (Lipinski definition) is 3. The third-order valence-electron chi connectivity index (χ3n) is 3.62. The van der Waals surface area contributed by atoms with Crippen molar-refractivity contribution in [2.24, 2.45) is 5.73 Å². The first kappa shape index (κ1) is 15.0. The van der Waals surface area contributed by atoms with E-state index >= 15 is 0 Å². The minimum absolute atomic E-state index is 0.0454. The molecule has 108 valence electrons. The second kappa shape index (κ2) is 5.54. The van der Waals surface area contributed by atoms with Crippen molar-refractivity contribution < 1.29 is 14.7 Å². The molecule has 0 saturated carbocycles. The molecule has 1 fully saturated rings. The van der Waals surface area contributed by atoms with Gasteiger partial charge in [-0.1, -0.05) is 15.9 Å². The summed E-state index contributed by atoms with van der Waals surface area (Å²) in [6, 6.07) is 5.31. The summed E-state index contributed by atoms with van der Waals surface area (Å²) in [7, 11) is 0. The maximum Gasteiger partial charge on any atom is 0.253 e. The molecule has 0 aromatic heterocycles. The molecule has 1 atom stereocenters. The van der Waals surface area contributed by atoms with Crippen LogP contribution in [0, 0.1) is 6.92 Å². The zero-order chi connectivity index (χ0) is 14.9. The number of benzene rings is 1. The van der Waals surface area contributed by atoms with Gasteiger partial charge in [0.15, 0.2) is 5.60 Å². The van der Waals surface area contributed by atoms with Crippen molar-refractivity contribution in [3.8, 4) is 0 Å². The zero-order valence-electron chi connectivity index (χ0n) is 11.2. The first-order valence-corrected chi connectivity index (χ1v) is 7.20. The van der Waals surface area contributed by atoms with Crippen molar-refractivity contribution in [2.75, 3.05) is 13.1 Å². The molecule has 5 nitrogen and oxygen atoms in total. The normalized spacial score (nSPS) is 22.6. The van der Waals surface area contributed by atoms with Gasteiger partial charge in [-0.2, -0.15) is 0 Å². The number of nitrogens with zero attached hydrogens (tertiary/aromatic N) is 1. The van der Waals surface area contributed by atoms with Crippen molar-refractivity contribution in [3.05, 3.63) is 33.8 Å². The molecule has 20 heavy (non-hydrogen) atoms. The van der Waals surface area contributed by atoms with Gasteiger partial charge in [0.05, 0.1) is 6.54 Å². The van der Waals surface area contributed by atoms with Crippen LogP contribution in [0.25, 0.3) is 0 Å². The van der Waals surface area contributed by atoms with Gasteiger partial charge in [-0.25, -0.2) is 0 Å². The van der Waals surface area contributed by atoms with Gasteiger partial charge in [-0.3, -0.25) is 9.59 Å². The molecule has 1 aliphatic heterocycles. The fraction of sp³-hybridized carbons (Fsp3) is 0.429. The Balaban J connectivity index is 2.20. The molecular formula is C14H17BrN2O3. The van der Waals surface area contributed by atoms with Crippen LogP contribution in [0.4, 0.5) is 0 Å². The number of carbonyl (C=O) groups excluding carboxylic acids is 2. The number of amides is 2. The first-order valence-electron chi connectivity index (χ1n) is 6.41. The lowest BCUT2D eigenvalue weighted by atomic mass is 9.91. The van der Waals surface area contributed by atoms with Crippen LogP contribution in [0.1, 0.15) is 28.8 Å². The van der Waals surface area contributed by atoms with Crippen LogP contribution >= 0.6 is 15.9 Å². The average molecular weight is 341 g/mol. The maximum atomic E-state index is 12.4. The van der Waals surface area contributed by atoms with Crippen molar-refractivity contribution in [1.82, 2.24) is 4.90 Å². The Morgan fingerprint density at radius 3 is 2.75 bits per heavy atom. The van der Waals surface area contributed by atoms with Crippen LogP contribution in [0.15, 0.2) is 22.7 Å². The Hall–Kier alpha value is -1.40. The van der Waals surface area contributed by atoms with Gasteiger partial charge in [0.25, 0.3) is 11.8 Å². The van der Waals surface area contributed by atoms with E-state index in [1.165, 1.54) is 4.90 Å². The lowest BCUT2D eigenvalue weighted by Crippen LogP contribution is -2.57. The molecular weight excluding hydrogens is 324 g/mol. The third kappa shape index (κ3) is 2.86. The number of nitrogens with two attached hydrogens (primary N) is 1. The molecule has 1 aromatic rings. The molecule has 0 spiro atoms. The number of likely N-dealkylation sites (tertiary alicyclic amines) is 1. The van der Waals surface area contributed by atoms with Gasteiger partial charge in [0.2, 0.25) is 0 Å². The highest BCUT2D eigenvalue weighted by atomic mass is 79.9. The summed E-state index contributed by atoms with van der Waals surface area (Å²) < 4.78 is 0.932. The molecule has 0 aliphatic carbocycles. The van der Waals surface area contributed by atoms with Crippen LogP contribution in [0.2, 0.25) is 0 Å². The van der Waals surface area contributed by atoms with Crippen LogP contribution in [-0.2, 0) is 4.79 Å². The van der Waals surface area contributed by atoms with Gasteiger partial charge < -0.3 is 15.7 Å². The highest BCUT2D eigenvalue weighted by Gasteiger charge is 2.40. The molecule has 3 N–H and O–H groups in total. The topological polar surface area (TPSA) is 83.6 Å². The fourth-order valence-corrected chi connectivity index (χ4v) is 2.62. The summed E-state index contributed by atoms with van der Waals surface area (Å²) in [5.74, 6) is -0.970. The standard InChI is InChI=1S/C14H17BrN2O3/c1-9-7-10(3-4-11(9)15)12(18)17-6-2-5-14(20,8-17)13(16)19/h3-4,7,20H,2,5-6,8H2,1H3,(H2,16,19)/t14-/m0/s1. The van der Waals surface area contributed by atoms with Crippen LogP contribution in [0.3, 0.4) is 0 Å². The van der Waals surface area contributed by atoms with Crippen molar-refractivity contribution in [3.63, 3.8) is 0 Å². The minimum atomic E-state index is -1.61. The summed E-state index contributed by atoms with van der Waals surface area (Å²) in [6.07, 6.45) is 0.853. The molecule has 6 heteroatoms. The van der Waals surface area contributed by atoms with E-state index < -0.39 is 11.5 Å². The third-order valence-corrected chi connectivity index (χ3v) is 4.51. The lowest BCUT2D eigenvalue weighted by Gasteiger charge is -2.37. The van der Waals surface area contributed by atoms with Crippen LogP contribution in [-0.4, -0.2) is 40.5 Å². The summed E-state index contributed by atoms with van der Waals surface area (Å²) in [4.78, 5) is 25.2. The molecule has 0 radical (unpaired) electrons. The number of aryl methyl sites for hydroxylation is 1. The smallest absolute Gasteiger partial charge is 0.253 e. The predicted octanol–water partition coefficient (Wildman–Crippen LogP) is 1.21. The quantitative estimate of drug-likeness (QED) is 0.848. The highest BCUT2D eigenvalue weighted by Crippen LogP contribution is 2.24. The van der Waals surface area contributed by atoms with Gasteiger partial charge >= 0.3 is 0 Å². The van der Waals surface area contributed by atoms with E-state index in [0.29, 0.717) is 24.9 Å². The second-order valence-electron chi connectivity index (χ2n) is 5.19. The van der Waals surface area contributed by atoms with Crippen molar-refractivity contribution >= 4 is 27.7 Å². The number of primary amides is 1. The Bertz CT molecular complexity index is 561. The van der Waals surface area contributed by atoms with E-state index in [4.69, 9.17) is 5.73 Å². The average Bonchev–Trinajstić information content (AvgIpc) is 2.41. The van der Waals surface area contributed by atoms with Gasteiger partial charge in [0.1, 0.15) is 0 Å². The van der Waals surface area contributed by atoms with Crippen LogP contribution < -0.4 is 5.73 Å². The maximum absolute atomic E-state index is 12.4. The molecule has 2 amide bonds. The Labute approximate surface area is 125 Å². The summed E-state index contributed by atoms with van der Waals surface area (Å²) in [6.45, 7) is 2.37. The number of carbonyl (C=O) groups is 2. The van der Waals surface area contributed by atoms with Gasteiger partial charge in [-0.05, 0) is 43.5 Å². The molecule has 1 saturated heterocycles. The van der Waals surface area contributed by atoms with E-state index in [9.17, 15) is 14.7 Å². The zero-order valence-corrected chi connectivity index (χ0v) is 12.8. The number of hydrogen-bond donors (Lipinski definition) is 2. The Morgan fingerprint density at radius 1 is 1.45 bits per heavy atom. The van der Waals surface area contributed by atoms with E-state index in [0.717, 1.165) is 10.0 Å². The molecule has 0 unspecified atom stereocenters. The number of rotatable bonds is 2. The second-order valence-corrected chi connectivity index (χ2v) is 6.04. The predicted molar refractivity (Wildman–Crippen MR) is 78.2 cm³/mol. The van der Waals surface area contributed by atoms with Crippen molar-refractivity contribution in [1.29, 1.82) is 0 Å². The fourth-order valence-electron chi connectivity index (χ4n) is 2.37. The molecule has 0 bridgehead atoms. The number of β-amino-alcohol motifs (C(OH)–C–C–N with tert-alkyl or cyclic N) is 1. The van der Waals surface area contributed by atoms with Crippen molar-refractivity contribution in [2.45, 2.75) is 25.4 Å². The number of aliphatic hydroxyl groups is 1. The summed E-state index contributed by atoms with van der Waals surface area (Å²) >= 11 is 3.39. The van der Waals surface area contributed by atoms with Gasteiger partial charge in [-0.15, -0.1) is 0 Å². The largest absolute Gasteiger partial charge is 0.378 e. The number of piperidine rings is 1. The minimum Gasteiger partial charge on any atom is -0.378 e. The Morgan fingerprint density at radius 2 is 2.15 bits per heavy atom. The summed E-state index contributed by atoms with van der Waals surface area (Å²) in [5, 5.41) is 10.1. The Kier molecular flexibility index (Phi) is 4.15.